The molecule has 94 valence electrons. The fourth-order valence-electron chi connectivity index (χ4n) is 2.80. The Morgan fingerprint density at radius 2 is 2.00 bits per heavy atom. The molecule has 0 aromatic heterocycles. The molecule has 0 aliphatic carbocycles. The van der Waals surface area contributed by atoms with Gasteiger partial charge in [-0.15, -0.1) is 0 Å². The van der Waals surface area contributed by atoms with Crippen molar-refractivity contribution in [2.45, 2.75) is 58.7 Å². The van der Waals surface area contributed by atoms with E-state index >= 15 is 0 Å². The van der Waals surface area contributed by atoms with Crippen LogP contribution in [0.1, 0.15) is 45.7 Å². The van der Waals surface area contributed by atoms with Crippen LogP contribution < -0.4 is 4.90 Å². The monoisotopic (exact) mass is 233 g/mol. The van der Waals surface area contributed by atoms with Gasteiger partial charge in [0, 0.05) is 17.8 Å². The summed E-state index contributed by atoms with van der Waals surface area (Å²) in [6.45, 7) is 10.4. The van der Waals surface area contributed by atoms with E-state index in [-0.39, 0.29) is 0 Å². The molecule has 0 saturated heterocycles. The zero-order valence-electron chi connectivity index (χ0n) is 11.5. The minimum absolute atomic E-state index is 0.503. The van der Waals surface area contributed by atoms with Crippen LogP contribution in [0.2, 0.25) is 0 Å². The summed E-state index contributed by atoms with van der Waals surface area (Å²) in [5.74, 6) is 0. The molecule has 1 aliphatic heterocycles. The van der Waals surface area contributed by atoms with E-state index in [1.54, 1.807) is 0 Å². The molecule has 0 amide bonds. The molecule has 0 spiro atoms. The molecule has 0 saturated carbocycles. The van der Waals surface area contributed by atoms with Crippen molar-refractivity contribution in [3.63, 3.8) is 0 Å². The third-order valence-corrected chi connectivity index (χ3v) is 3.62. The summed E-state index contributed by atoms with van der Waals surface area (Å²) in [7, 11) is 0. The first kappa shape index (κ1) is 12.4. The first-order chi connectivity index (χ1) is 7.80. The molecule has 1 aromatic rings. The maximum atomic E-state index is 10.1. The lowest BCUT2D eigenvalue weighted by molar-refractivity contribution is 0.0786. The number of hydrogen-bond donors (Lipinski definition) is 1. The molecule has 1 N–H and O–H groups in total. The first-order valence-corrected chi connectivity index (χ1v) is 6.45. The van der Waals surface area contributed by atoms with Gasteiger partial charge in [-0.05, 0) is 58.2 Å². The third-order valence-electron chi connectivity index (χ3n) is 3.62. The highest BCUT2D eigenvalue weighted by Gasteiger charge is 2.29. The van der Waals surface area contributed by atoms with Gasteiger partial charge in [0.05, 0.1) is 5.60 Å². The van der Waals surface area contributed by atoms with Gasteiger partial charge in [0.2, 0.25) is 0 Å². The molecule has 1 unspecified atom stereocenters. The lowest BCUT2D eigenvalue weighted by atomic mass is 9.96. The van der Waals surface area contributed by atoms with E-state index in [4.69, 9.17) is 0 Å². The number of rotatable bonds is 2. The van der Waals surface area contributed by atoms with Gasteiger partial charge in [0.15, 0.2) is 0 Å². The van der Waals surface area contributed by atoms with E-state index in [9.17, 15) is 5.11 Å². The number of fused-ring (bicyclic) bond motifs is 1. The van der Waals surface area contributed by atoms with Gasteiger partial charge in [-0.2, -0.15) is 0 Å². The van der Waals surface area contributed by atoms with Crippen LogP contribution in [0.5, 0.6) is 0 Å². The molecule has 0 radical (unpaired) electrons. The molecule has 2 nitrogen and oxygen atoms in total. The topological polar surface area (TPSA) is 23.5 Å². The van der Waals surface area contributed by atoms with Gasteiger partial charge in [-0.3, -0.25) is 0 Å². The fourth-order valence-corrected chi connectivity index (χ4v) is 2.80. The molecular formula is C15H23NO. The van der Waals surface area contributed by atoms with Crippen LogP contribution >= 0.6 is 0 Å². The minimum atomic E-state index is -0.760. The number of benzene rings is 1. The van der Waals surface area contributed by atoms with Gasteiger partial charge in [-0.25, -0.2) is 0 Å². The lowest BCUT2D eigenvalue weighted by Crippen LogP contribution is -2.35. The van der Waals surface area contributed by atoms with Crippen LogP contribution in [0.25, 0.3) is 0 Å². The van der Waals surface area contributed by atoms with Gasteiger partial charge in [0.25, 0.3) is 0 Å². The summed E-state index contributed by atoms with van der Waals surface area (Å²) in [5, 5.41) is 10.1. The highest BCUT2D eigenvalue weighted by atomic mass is 16.3. The Kier molecular flexibility index (Phi) is 2.94. The van der Waals surface area contributed by atoms with Gasteiger partial charge < -0.3 is 10.0 Å². The summed E-state index contributed by atoms with van der Waals surface area (Å²) < 4.78 is 0. The van der Waals surface area contributed by atoms with Crippen molar-refractivity contribution in [1.29, 1.82) is 0 Å². The predicted octanol–water partition coefficient (Wildman–Crippen LogP) is 3.07. The normalized spacial score (nSPS) is 19.9. The minimum Gasteiger partial charge on any atom is -0.386 e. The average Bonchev–Trinajstić information content (AvgIpc) is 2.50. The fraction of sp³-hybridized carbons (Fsp3) is 0.600. The smallest absolute Gasteiger partial charge is 0.0841 e. The molecule has 1 heterocycles. The molecule has 1 atom stereocenters. The lowest BCUT2D eigenvalue weighted by Gasteiger charge is -2.30. The Bertz CT molecular complexity index is 417. The second-order valence-corrected chi connectivity index (χ2v) is 5.96. The van der Waals surface area contributed by atoms with E-state index < -0.39 is 5.60 Å². The molecule has 2 rings (SSSR count). The van der Waals surface area contributed by atoms with Crippen LogP contribution in [-0.2, 0) is 12.0 Å². The maximum Gasteiger partial charge on any atom is 0.0841 e. The van der Waals surface area contributed by atoms with Gasteiger partial charge >= 0.3 is 0 Å². The number of anilines is 1. The number of nitrogens with zero attached hydrogens (tertiary/aromatic N) is 1. The van der Waals surface area contributed by atoms with Crippen LogP contribution in [0.4, 0.5) is 5.69 Å². The summed E-state index contributed by atoms with van der Waals surface area (Å²) in [4.78, 5) is 2.45. The third kappa shape index (κ3) is 2.19. The molecule has 1 aromatic carbocycles. The van der Waals surface area contributed by atoms with Crippen molar-refractivity contribution in [2.24, 2.45) is 0 Å². The van der Waals surface area contributed by atoms with Crippen molar-refractivity contribution in [2.75, 3.05) is 4.90 Å². The molecule has 1 aliphatic rings. The number of aliphatic hydroxyl groups is 1. The highest BCUT2D eigenvalue weighted by molar-refractivity contribution is 5.61. The first-order valence-electron chi connectivity index (χ1n) is 6.45. The summed E-state index contributed by atoms with van der Waals surface area (Å²) >= 11 is 0. The van der Waals surface area contributed by atoms with Crippen LogP contribution in [-0.4, -0.2) is 17.2 Å². The van der Waals surface area contributed by atoms with E-state index in [1.165, 1.54) is 11.3 Å². The maximum absolute atomic E-state index is 10.1. The Morgan fingerprint density at radius 3 is 2.53 bits per heavy atom. The van der Waals surface area contributed by atoms with Crippen LogP contribution in [0.15, 0.2) is 18.2 Å². The Balaban J connectivity index is 2.46. The summed E-state index contributed by atoms with van der Waals surface area (Å²) in [6, 6.07) is 7.43. The van der Waals surface area contributed by atoms with Crippen molar-refractivity contribution in [3.8, 4) is 0 Å². The average molecular weight is 233 g/mol. The van der Waals surface area contributed by atoms with E-state index in [1.807, 2.05) is 13.8 Å². The van der Waals surface area contributed by atoms with E-state index in [0.29, 0.717) is 12.1 Å². The van der Waals surface area contributed by atoms with Crippen molar-refractivity contribution < 1.29 is 5.11 Å². The van der Waals surface area contributed by atoms with Crippen molar-refractivity contribution >= 4 is 5.69 Å². The van der Waals surface area contributed by atoms with E-state index in [2.05, 4.69) is 43.9 Å². The second-order valence-electron chi connectivity index (χ2n) is 5.96. The molecule has 0 fully saturated rings. The van der Waals surface area contributed by atoms with E-state index in [0.717, 1.165) is 12.0 Å². The summed E-state index contributed by atoms with van der Waals surface area (Å²) in [6.07, 6.45) is 1.11. The van der Waals surface area contributed by atoms with Gasteiger partial charge in [-0.1, -0.05) is 12.1 Å². The largest absolute Gasteiger partial charge is 0.386 e. The Labute approximate surface area is 104 Å². The van der Waals surface area contributed by atoms with Crippen LogP contribution in [0, 0.1) is 0 Å². The second kappa shape index (κ2) is 4.02. The Morgan fingerprint density at radius 1 is 1.35 bits per heavy atom. The van der Waals surface area contributed by atoms with Crippen molar-refractivity contribution in [1.82, 2.24) is 0 Å². The number of hydrogen-bond acceptors (Lipinski definition) is 2. The molecule has 17 heavy (non-hydrogen) atoms. The standard InChI is InChI=1S/C15H23NO/c1-10(2)16-11(3)8-12-6-7-13(9-14(12)16)15(4,5)17/h6-7,9-11,17H,8H2,1-5H3. The molecular weight excluding hydrogens is 210 g/mol. The highest BCUT2D eigenvalue weighted by Crippen LogP contribution is 2.36. The Hall–Kier alpha value is -1.02. The van der Waals surface area contributed by atoms with Crippen LogP contribution in [0.3, 0.4) is 0 Å². The zero-order valence-corrected chi connectivity index (χ0v) is 11.5. The predicted molar refractivity (Wildman–Crippen MR) is 72.5 cm³/mol. The van der Waals surface area contributed by atoms with Crippen molar-refractivity contribution in [3.05, 3.63) is 29.3 Å². The molecule has 2 heteroatoms. The van der Waals surface area contributed by atoms with Gasteiger partial charge in [0.1, 0.15) is 0 Å². The quantitative estimate of drug-likeness (QED) is 0.848. The molecule has 0 bridgehead atoms. The summed E-state index contributed by atoms with van der Waals surface area (Å²) in [5.41, 5.74) is 2.94. The SMILES string of the molecule is CC(C)N1c2cc(C(C)(C)O)ccc2CC1C. The zero-order chi connectivity index (χ0) is 12.8.